The van der Waals surface area contributed by atoms with Gasteiger partial charge in [-0.15, -0.1) is 11.8 Å². The van der Waals surface area contributed by atoms with Crippen molar-refractivity contribution in [1.82, 2.24) is 15.1 Å². The summed E-state index contributed by atoms with van der Waals surface area (Å²) in [5, 5.41) is 5.61. The number of benzene rings is 2. The number of carbonyl (C=O) groups excluding carboxylic acids is 2. The molecule has 0 aliphatic carbocycles. The average molecular weight is 468 g/mol. The minimum atomic E-state index is -0.638. The lowest BCUT2D eigenvalue weighted by Crippen LogP contribution is -2.49. The number of carbonyl (C=O) groups is 2. The molecule has 7 nitrogen and oxygen atoms in total. The zero-order valence-corrected chi connectivity index (χ0v) is 20.5. The maximum Gasteiger partial charge on any atom is 0.313 e. The maximum atomic E-state index is 12.6. The molecule has 2 aromatic rings. The van der Waals surface area contributed by atoms with Gasteiger partial charge in [-0.3, -0.25) is 14.5 Å². The van der Waals surface area contributed by atoms with Crippen LogP contribution in [0.25, 0.3) is 0 Å². The fourth-order valence-electron chi connectivity index (χ4n) is 4.54. The lowest BCUT2D eigenvalue weighted by atomic mass is 10.00. The molecule has 2 aliphatic rings. The van der Waals surface area contributed by atoms with E-state index in [9.17, 15) is 9.59 Å². The SMILES string of the molecule is CSc1cccc(NC(=O)C(=O)NC[C@@H](c2ccc3c(c2)CCN3C)N2CCN(C)CC2)c1. The smallest absolute Gasteiger partial charge is 0.313 e. The monoisotopic (exact) mass is 467 g/mol. The Kier molecular flexibility index (Phi) is 7.57. The van der Waals surface area contributed by atoms with Crippen LogP contribution in [-0.2, 0) is 16.0 Å². The Balaban J connectivity index is 1.45. The number of fused-ring (bicyclic) bond motifs is 1. The molecule has 8 heteroatoms. The van der Waals surface area contributed by atoms with E-state index in [1.165, 1.54) is 16.8 Å². The molecule has 1 saturated heterocycles. The summed E-state index contributed by atoms with van der Waals surface area (Å²) in [6.45, 7) is 5.28. The number of rotatable bonds is 6. The second-order valence-electron chi connectivity index (χ2n) is 8.81. The zero-order chi connectivity index (χ0) is 23.4. The van der Waals surface area contributed by atoms with Gasteiger partial charge in [-0.1, -0.05) is 18.2 Å². The number of piperazine rings is 1. The second-order valence-corrected chi connectivity index (χ2v) is 9.69. The van der Waals surface area contributed by atoms with E-state index >= 15 is 0 Å². The van der Waals surface area contributed by atoms with E-state index in [1.54, 1.807) is 17.8 Å². The topological polar surface area (TPSA) is 67.9 Å². The van der Waals surface area contributed by atoms with Crippen LogP contribution in [0.3, 0.4) is 0 Å². The first-order valence-electron chi connectivity index (χ1n) is 11.4. The van der Waals surface area contributed by atoms with Gasteiger partial charge in [0.1, 0.15) is 0 Å². The summed E-state index contributed by atoms with van der Waals surface area (Å²) in [6, 6.07) is 14.2. The van der Waals surface area contributed by atoms with Crippen LogP contribution in [0, 0.1) is 0 Å². The molecular weight excluding hydrogens is 434 g/mol. The van der Waals surface area contributed by atoms with E-state index < -0.39 is 11.8 Å². The van der Waals surface area contributed by atoms with Crippen LogP contribution < -0.4 is 15.5 Å². The van der Waals surface area contributed by atoms with Crippen LogP contribution in [0.1, 0.15) is 17.2 Å². The summed E-state index contributed by atoms with van der Waals surface area (Å²) in [7, 11) is 4.26. The van der Waals surface area contributed by atoms with Gasteiger partial charge in [-0.05, 0) is 55.1 Å². The molecule has 0 bridgehead atoms. The molecule has 2 aromatic carbocycles. The number of anilines is 2. The van der Waals surface area contributed by atoms with E-state index in [-0.39, 0.29) is 6.04 Å². The molecule has 4 rings (SSSR count). The number of nitrogens with zero attached hydrogens (tertiary/aromatic N) is 3. The van der Waals surface area contributed by atoms with Crippen LogP contribution >= 0.6 is 11.8 Å². The number of amides is 2. The standard InChI is InChI=1S/C25H33N5O2S/c1-28-11-13-30(14-12-28)23(18-7-8-22-19(15-18)9-10-29(22)2)17-26-24(31)25(32)27-20-5-4-6-21(16-20)33-3/h4-8,15-16,23H,9-14,17H2,1-3H3,(H,26,31)(H,27,32)/t23-/m0/s1. The predicted octanol–water partition coefficient (Wildman–Crippen LogP) is 2.44. The van der Waals surface area contributed by atoms with Crippen molar-refractivity contribution in [1.29, 1.82) is 0 Å². The number of thioether (sulfide) groups is 1. The Morgan fingerprint density at radius 3 is 2.55 bits per heavy atom. The summed E-state index contributed by atoms with van der Waals surface area (Å²) in [5.41, 5.74) is 4.46. The first kappa shape index (κ1) is 23.6. The molecule has 0 unspecified atom stereocenters. The fraction of sp³-hybridized carbons (Fsp3) is 0.440. The fourth-order valence-corrected chi connectivity index (χ4v) is 5.00. The van der Waals surface area contributed by atoms with E-state index in [0.29, 0.717) is 12.2 Å². The van der Waals surface area contributed by atoms with Crippen LogP contribution in [0.4, 0.5) is 11.4 Å². The molecular formula is C25H33N5O2S. The van der Waals surface area contributed by atoms with Crippen LogP contribution in [0.5, 0.6) is 0 Å². The zero-order valence-electron chi connectivity index (χ0n) is 19.6. The van der Waals surface area contributed by atoms with E-state index in [2.05, 4.69) is 57.6 Å². The van der Waals surface area contributed by atoms with Gasteiger partial charge in [-0.2, -0.15) is 0 Å². The Bertz CT molecular complexity index is 1010. The molecule has 1 atom stereocenters. The quantitative estimate of drug-likeness (QED) is 0.503. The molecule has 2 N–H and O–H groups in total. The normalized spacial score (nSPS) is 17.5. The highest BCUT2D eigenvalue weighted by Crippen LogP contribution is 2.31. The minimum Gasteiger partial charge on any atom is -0.374 e. The summed E-state index contributed by atoms with van der Waals surface area (Å²) >= 11 is 1.59. The lowest BCUT2D eigenvalue weighted by Gasteiger charge is -2.38. The van der Waals surface area contributed by atoms with Gasteiger partial charge in [0.05, 0.1) is 6.04 Å². The third kappa shape index (κ3) is 5.69. The molecule has 33 heavy (non-hydrogen) atoms. The molecule has 0 saturated carbocycles. The molecule has 0 spiro atoms. The van der Waals surface area contributed by atoms with Gasteiger partial charge in [0.2, 0.25) is 0 Å². The van der Waals surface area contributed by atoms with Gasteiger partial charge >= 0.3 is 11.8 Å². The van der Waals surface area contributed by atoms with Crippen molar-refractivity contribution in [2.45, 2.75) is 17.4 Å². The molecule has 0 radical (unpaired) electrons. The Morgan fingerprint density at radius 1 is 1.00 bits per heavy atom. The van der Waals surface area contributed by atoms with Crippen LogP contribution in [0.15, 0.2) is 47.4 Å². The van der Waals surface area contributed by atoms with Crippen molar-refractivity contribution >= 4 is 35.0 Å². The van der Waals surface area contributed by atoms with Crippen molar-refractivity contribution in [2.75, 3.05) is 69.8 Å². The summed E-state index contributed by atoms with van der Waals surface area (Å²) in [5.74, 6) is -1.24. The summed E-state index contributed by atoms with van der Waals surface area (Å²) in [4.78, 5) is 33.2. The van der Waals surface area contributed by atoms with Crippen LogP contribution in [0.2, 0.25) is 0 Å². The molecule has 2 aliphatic heterocycles. The third-order valence-electron chi connectivity index (χ3n) is 6.58. The second kappa shape index (κ2) is 10.6. The van der Waals surface area contributed by atoms with Crippen molar-refractivity contribution < 1.29 is 9.59 Å². The Labute approximate surface area is 200 Å². The molecule has 2 heterocycles. The summed E-state index contributed by atoms with van der Waals surface area (Å²) < 4.78 is 0. The van der Waals surface area contributed by atoms with E-state index in [1.807, 2.05) is 24.5 Å². The van der Waals surface area contributed by atoms with Crippen molar-refractivity contribution in [2.24, 2.45) is 0 Å². The number of hydrogen-bond donors (Lipinski definition) is 2. The maximum absolute atomic E-state index is 12.6. The Hall–Kier alpha value is -2.55. The van der Waals surface area contributed by atoms with Gasteiger partial charge in [0.25, 0.3) is 0 Å². The minimum absolute atomic E-state index is 0.0338. The largest absolute Gasteiger partial charge is 0.374 e. The highest BCUT2D eigenvalue weighted by atomic mass is 32.2. The van der Waals surface area contributed by atoms with Crippen molar-refractivity contribution in [3.8, 4) is 0 Å². The highest BCUT2D eigenvalue weighted by molar-refractivity contribution is 7.98. The number of likely N-dealkylation sites (N-methyl/N-ethyl adjacent to an activating group) is 2. The lowest BCUT2D eigenvalue weighted by molar-refractivity contribution is -0.136. The van der Waals surface area contributed by atoms with Gasteiger partial charge < -0.3 is 20.4 Å². The first-order chi connectivity index (χ1) is 15.9. The molecule has 1 fully saturated rings. The average Bonchev–Trinajstić information content (AvgIpc) is 3.20. The Morgan fingerprint density at radius 2 is 1.79 bits per heavy atom. The number of nitrogens with one attached hydrogen (secondary N) is 2. The van der Waals surface area contributed by atoms with E-state index in [0.717, 1.165) is 44.0 Å². The predicted molar refractivity (Wildman–Crippen MR) is 135 cm³/mol. The van der Waals surface area contributed by atoms with E-state index in [4.69, 9.17) is 0 Å². The number of hydrogen-bond acceptors (Lipinski definition) is 6. The molecule has 0 aromatic heterocycles. The van der Waals surface area contributed by atoms with Crippen molar-refractivity contribution in [3.63, 3.8) is 0 Å². The highest BCUT2D eigenvalue weighted by Gasteiger charge is 2.27. The van der Waals surface area contributed by atoms with Gasteiger partial charge in [0.15, 0.2) is 0 Å². The summed E-state index contributed by atoms with van der Waals surface area (Å²) in [6.07, 6.45) is 3.02. The molecule has 176 valence electrons. The molecule has 2 amide bonds. The third-order valence-corrected chi connectivity index (χ3v) is 7.31. The van der Waals surface area contributed by atoms with Crippen LogP contribution in [-0.4, -0.2) is 81.2 Å². The van der Waals surface area contributed by atoms with Gasteiger partial charge in [-0.25, -0.2) is 0 Å². The van der Waals surface area contributed by atoms with Crippen molar-refractivity contribution in [3.05, 3.63) is 53.6 Å². The first-order valence-corrected chi connectivity index (χ1v) is 12.7. The van der Waals surface area contributed by atoms with Gasteiger partial charge in [0, 0.05) is 62.6 Å².